The number of hydrogen-bond donors (Lipinski definition) is 0. The fraction of sp³-hybridized carbons (Fsp3) is 0.538. The molecule has 2 nitrogen and oxygen atoms in total. The summed E-state index contributed by atoms with van der Waals surface area (Å²) < 4.78 is 10.4. The second kappa shape index (κ2) is 7.53. The normalized spacial score (nSPS) is 12.4. The molecule has 0 spiro atoms. The molecule has 1 atom stereocenters. The summed E-state index contributed by atoms with van der Waals surface area (Å²) in [6, 6.07) is 8.02. The molecule has 1 aromatic carbocycles. The van der Waals surface area contributed by atoms with Gasteiger partial charge in [0.1, 0.15) is 5.75 Å². The van der Waals surface area contributed by atoms with Crippen molar-refractivity contribution in [3.8, 4) is 5.75 Å². The zero-order chi connectivity index (χ0) is 11.8. The maximum atomic E-state index is 6.21. The standard InChI is InChI=1S/C13H19ClO2/c1-3-16-9-8-12(14)10-11-4-6-13(15-2)7-5-11/h4-7,12H,3,8-10H2,1-2H3. The summed E-state index contributed by atoms with van der Waals surface area (Å²) in [5.74, 6) is 0.879. The summed E-state index contributed by atoms with van der Waals surface area (Å²) in [4.78, 5) is 0. The van der Waals surface area contributed by atoms with Gasteiger partial charge in [0.15, 0.2) is 0 Å². The third kappa shape index (κ3) is 4.86. The summed E-state index contributed by atoms with van der Waals surface area (Å²) in [6.07, 6.45) is 1.76. The summed E-state index contributed by atoms with van der Waals surface area (Å²) in [5.41, 5.74) is 1.23. The topological polar surface area (TPSA) is 18.5 Å². The second-order valence-corrected chi connectivity index (χ2v) is 4.25. The van der Waals surface area contributed by atoms with Crippen LogP contribution < -0.4 is 4.74 Å². The highest BCUT2D eigenvalue weighted by Gasteiger charge is 2.05. The minimum Gasteiger partial charge on any atom is -0.497 e. The first-order valence-electron chi connectivity index (χ1n) is 5.61. The van der Waals surface area contributed by atoms with Crippen LogP contribution in [-0.2, 0) is 11.2 Å². The Balaban J connectivity index is 2.34. The van der Waals surface area contributed by atoms with E-state index in [2.05, 4.69) is 12.1 Å². The van der Waals surface area contributed by atoms with E-state index in [1.807, 2.05) is 19.1 Å². The van der Waals surface area contributed by atoms with Crippen LogP contribution in [0.3, 0.4) is 0 Å². The van der Waals surface area contributed by atoms with Crippen molar-refractivity contribution in [3.05, 3.63) is 29.8 Å². The van der Waals surface area contributed by atoms with Crippen molar-refractivity contribution in [2.45, 2.75) is 25.1 Å². The number of benzene rings is 1. The first kappa shape index (κ1) is 13.3. The molecule has 0 fully saturated rings. The van der Waals surface area contributed by atoms with Crippen LogP contribution in [0.2, 0.25) is 0 Å². The molecule has 16 heavy (non-hydrogen) atoms. The number of rotatable bonds is 7. The van der Waals surface area contributed by atoms with Gasteiger partial charge in [-0.3, -0.25) is 0 Å². The van der Waals surface area contributed by atoms with Crippen LogP contribution >= 0.6 is 11.6 Å². The van der Waals surface area contributed by atoms with E-state index in [0.29, 0.717) is 0 Å². The smallest absolute Gasteiger partial charge is 0.118 e. The monoisotopic (exact) mass is 242 g/mol. The van der Waals surface area contributed by atoms with Gasteiger partial charge in [-0.25, -0.2) is 0 Å². The number of ether oxygens (including phenoxy) is 2. The largest absolute Gasteiger partial charge is 0.497 e. The maximum Gasteiger partial charge on any atom is 0.118 e. The average molecular weight is 243 g/mol. The maximum absolute atomic E-state index is 6.21. The van der Waals surface area contributed by atoms with Gasteiger partial charge < -0.3 is 9.47 Å². The van der Waals surface area contributed by atoms with E-state index in [-0.39, 0.29) is 5.38 Å². The van der Waals surface area contributed by atoms with Gasteiger partial charge in [0.05, 0.1) is 7.11 Å². The minimum atomic E-state index is 0.139. The molecule has 0 amide bonds. The van der Waals surface area contributed by atoms with Crippen molar-refractivity contribution >= 4 is 11.6 Å². The van der Waals surface area contributed by atoms with Crippen LogP contribution in [-0.4, -0.2) is 25.7 Å². The van der Waals surface area contributed by atoms with Crippen molar-refractivity contribution in [1.29, 1.82) is 0 Å². The van der Waals surface area contributed by atoms with Crippen LogP contribution in [0.4, 0.5) is 0 Å². The highest BCUT2D eigenvalue weighted by Crippen LogP contribution is 2.15. The van der Waals surface area contributed by atoms with Crippen molar-refractivity contribution in [2.24, 2.45) is 0 Å². The van der Waals surface area contributed by atoms with Gasteiger partial charge in [0, 0.05) is 18.6 Å². The van der Waals surface area contributed by atoms with Crippen LogP contribution in [0.25, 0.3) is 0 Å². The Morgan fingerprint density at radius 1 is 1.25 bits per heavy atom. The van der Waals surface area contributed by atoms with E-state index >= 15 is 0 Å². The van der Waals surface area contributed by atoms with E-state index in [1.54, 1.807) is 7.11 Å². The molecule has 1 unspecified atom stereocenters. The molecule has 3 heteroatoms. The van der Waals surface area contributed by atoms with Gasteiger partial charge in [-0.15, -0.1) is 11.6 Å². The third-order valence-corrected chi connectivity index (χ3v) is 2.77. The Kier molecular flexibility index (Phi) is 6.27. The van der Waals surface area contributed by atoms with E-state index < -0.39 is 0 Å². The van der Waals surface area contributed by atoms with Crippen LogP contribution in [0, 0.1) is 0 Å². The molecule has 0 N–H and O–H groups in total. The van der Waals surface area contributed by atoms with Crippen LogP contribution in [0.1, 0.15) is 18.9 Å². The van der Waals surface area contributed by atoms with Crippen molar-refractivity contribution in [3.63, 3.8) is 0 Å². The second-order valence-electron chi connectivity index (χ2n) is 3.64. The lowest BCUT2D eigenvalue weighted by Gasteiger charge is -2.09. The van der Waals surface area contributed by atoms with Gasteiger partial charge in [-0.05, 0) is 37.5 Å². The van der Waals surface area contributed by atoms with E-state index in [0.717, 1.165) is 31.8 Å². The molecule has 0 aliphatic rings. The quantitative estimate of drug-likeness (QED) is 0.540. The summed E-state index contributed by atoms with van der Waals surface area (Å²) in [7, 11) is 1.67. The Morgan fingerprint density at radius 3 is 2.50 bits per heavy atom. The number of halogens is 1. The molecule has 0 heterocycles. The molecule has 0 saturated carbocycles. The molecule has 0 aliphatic carbocycles. The van der Waals surface area contributed by atoms with Crippen LogP contribution in [0.5, 0.6) is 5.75 Å². The Hall–Kier alpha value is -0.730. The fourth-order valence-corrected chi connectivity index (χ4v) is 1.74. The molecule has 0 radical (unpaired) electrons. The lowest BCUT2D eigenvalue weighted by Crippen LogP contribution is -2.07. The minimum absolute atomic E-state index is 0.139. The predicted octanol–water partition coefficient (Wildman–Crippen LogP) is 3.27. The van der Waals surface area contributed by atoms with E-state index in [1.165, 1.54) is 5.56 Å². The predicted molar refractivity (Wildman–Crippen MR) is 67.4 cm³/mol. The van der Waals surface area contributed by atoms with Gasteiger partial charge >= 0.3 is 0 Å². The molecule has 90 valence electrons. The van der Waals surface area contributed by atoms with Crippen molar-refractivity contribution in [1.82, 2.24) is 0 Å². The molecular weight excluding hydrogens is 224 g/mol. The van der Waals surface area contributed by atoms with Crippen LogP contribution in [0.15, 0.2) is 24.3 Å². The number of methoxy groups -OCH3 is 1. The lowest BCUT2D eigenvalue weighted by molar-refractivity contribution is 0.144. The first-order chi connectivity index (χ1) is 7.76. The lowest BCUT2D eigenvalue weighted by atomic mass is 10.1. The fourth-order valence-electron chi connectivity index (χ4n) is 1.47. The first-order valence-corrected chi connectivity index (χ1v) is 6.04. The molecule has 1 rings (SSSR count). The summed E-state index contributed by atoms with van der Waals surface area (Å²) >= 11 is 6.21. The molecule has 0 bridgehead atoms. The Morgan fingerprint density at radius 2 is 1.94 bits per heavy atom. The number of hydrogen-bond acceptors (Lipinski definition) is 2. The molecule has 0 aliphatic heterocycles. The molecule has 0 saturated heterocycles. The van der Waals surface area contributed by atoms with Gasteiger partial charge in [-0.2, -0.15) is 0 Å². The number of alkyl halides is 1. The van der Waals surface area contributed by atoms with Gasteiger partial charge in [-0.1, -0.05) is 12.1 Å². The molecule has 1 aromatic rings. The van der Waals surface area contributed by atoms with Crippen molar-refractivity contribution < 1.29 is 9.47 Å². The van der Waals surface area contributed by atoms with E-state index in [9.17, 15) is 0 Å². The van der Waals surface area contributed by atoms with E-state index in [4.69, 9.17) is 21.1 Å². The molecule has 0 aromatic heterocycles. The highest BCUT2D eigenvalue weighted by atomic mass is 35.5. The SMILES string of the molecule is CCOCCC(Cl)Cc1ccc(OC)cc1. The zero-order valence-electron chi connectivity index (χ0n) is 9.91. The van der Waals surface area contributed by atoms with Crippen molar-refractivity contribution in [2.75, 3.05) is 20.3 Å². The molecular formula is C13H19ClO2. The Labute approximate surface area is 103 Å². The van der Waals surface area contributed by atoms with Gasteiger partial charge in [0.2, 0.25) is 0 Å². The summed E-state index contributed by atoms with van der Waals surface area (Å²) in [5, 5.41) is 0.139. The zero-order valence-corrected chi connectivity index (χ0v) is 10.7. The highest BCUT2D eigenvalue weighted by molar-refractivity contribution is 6.20. The third-order valence-electron chi connectivity index (χ3n) is 2.40. The average Bonchev–Trinajstić information content (AvgIpc) is 2.30. The summed E-state index contributed by atoms with van der Waals surface area (Å²) in [6.45, 7) is 3.49. The van der Waals surface area contributed by atoms with Gasteiger partial charge in [0.25, 0.3) is 0 Å². The Bertz CT molecular complexity index is 284.